The topological polar surface area (TPSA) is 152 Å². The summed E-state index contributed by atoms with van der Waals surface area (Å²) in [6.07, 6.45) is 2.29. The highest BCUT2D eigenvalue weighted by molar-refractivity contribution is 5.91. The van der Waals surface area contributed by atoms with E-state index in [1.807, 2.05) is 60.0 Å². The van der Waals surface area contributed by atoms with E-state index in [0.29, 0.717) is 70.4 Å². The minimum Gasteiger partial charge on any atom is -0.480 e. The Balaban J connectivity index is 1.09. The third-order valence-electron chi connectivity index (χ3n) is 11.1. The number of carboxylic acid groups (broad SMARTS) is 1. The fourth-order valence-corrected chi connectivity index (χ4v) is 8.30. The Labute approximate surface area is 310 Å². The first-order chi connectivity index (χ1) is 25.4. The van der Waals surface area contributed by atoms with E-state index in [4.69, 9.17) is 14.6 Å². The Morgan fingerprint density at radius 1 is 0.849 bits per heavy atom. The van der Waals surface area contributed by atoms with E-state index in [0.717, 1.165) is 60.3 Å². The van der Waals surface area contributed by atoms with Gasteiger partial charge in [-0.15, -0.1) is 0 Å². The highest BCUT2D eigenvalue weighted by Crippen LogP contribution is 2.28. The second kappa shape index (κ2) is 17.0. The van der Waals surface area contributed by atoms with Gasteiger partial charge in [0.15, 0.2) is 6.10 Å². The molecule has 6 rings (SSSR count). The molecule has 0 aromatic heterocycles. The molecule has 2 N–H and O–H groups in total. The maximum absolute atomic E-state index is 14.2. The summed E-state index contributed by atoms with van der Waals surface area (Å²) in [5.41, 5.74) is 4.23. The van der Waals surface area contributed by atoms with Crippen LogP contribution in [0.2, 0.25) is 0 Å². The largest absolute Gasteiger partial charge is 0.480 e. The minimum absolute atomic E-state index is 0.0202. The number of nitrogens with one attached hydrogen (secondary N) is 1. The predicted octanol–water partition coefficient (Wildman–Crippen LogP) is 3.52. The summed E-state index contributed by atoms with van der Waals surface area (Å²) in [5, 5.41) is 12.2. The van der Waals surface area contributed by atoms with Crippen molar-refractivity contribution in [3.05, 3.63) is 58.7 Å². The number of piperazine rings is 1. The molecule has 4 aliphatic rings. The molecule has 0 bridgehead atoms. The third kappa shape index (κ3) is 9.46. The number of ether oxygens (including phenoxy) is 2. The lowest BCUT2D eigenvalue weighted by atomic mass is 10.00. The van der Waals surface area contributed by atoms with E-state index in [-0.39, 0.29) is 30.9 Å². The number of hydrogen-bond acceptors (Lipinski definition) is 9. The molecule has 4 amide bonds. The fourth-order valence-electron chi connectivity index (χ4n) is 8.30. The molecule has 4 heterocycles. The molecule has 2 aromatic carbocycles. The number of hydrogen-bond donors (Lipinski definition) is 2. The monoisotopic (exact) mass is 732 g/mol. The summed E-state index contributed by atoms with van der Waals surface area (Å²) in [7, 11) is 0. The molecular weight excluding hydrogens is 680 g/mol. The van der Waals surface area contributed by atoms with Crippen molar-refractivity contribution in [3.63, 3.8) is 0 Å². The smallest absolute Gasteiger partial charge is 0.410 e. The van der Waals surface area contributed by atoms with Crippen LogP contribution >= 0.6 is 0 Å². The van der Waals surface area contributed by atoms with Gasteiger partial charge >= 0.3 is 24.1 Å². The van der Waals surface area contributed by atoms with E-state index in [9.17, 15) is 24.0 Å². The summed E-state index contributed by atoms with van der Waals surface area (Å²) in [5.74, 6) is -0.990. The maximum Gasteiger partial charge on any atom is 0.410 e. The maximum atomic E-state index is 14.2. The summed E-state index contributed by atoms with van der Waals surface area (Å²) in [6.45, 7) is 10.4. The number of carbonyl (C=O) groups is 5. The zero-order valence-electron chi connectivity index (χ0n) is 31.1. The Morgan fingerprint density at radius 2 is 1.49 bits per heavy atom. The molecule has 14 nitrogen and oxygen atoms in total. The number of carbonyl (C=O) groups excluding carboxylic acids is 4. The van der Waals surface area contributed by atoms with Crippen molar-refractivity contribution in [1.82, 2.24) is 24.5 Å². The molecular formula is C39H52N6O8. The van der Waals surface area contributed by atoms with E-state index >= 15 is 0 Å². The summed E-state index contributed by atoms with van der Waals surface area (Å²) in [4.78, 5) is 73.5. The van der Waals surface area contributed by atoms with Crippen LogP contribution in [0.3, 0.4) is 0 Å². The SMILES string of the molecule is CC(=O)Oc1c(C)cc(C[C@@H](OC(=O)N2CCC(N3CCc4ccccc4NC3=O)CC2)C(=O)N2CCN(C3CCN(CC(=O)O)CC3)CC2)cc1C. The van der Waals surface area contributed by atoms with Gasteiger partial charge in [-0.25, -0.2) is 9.59 Å². The molecule has 0 spiro atoms. The number of benzene rings is 2. The third-order valence-corrected chi connectivity index (χ3v) is 11.1. The Bertz CT molecular complexity index is 1650. The first kappa shape index (κ1) is 38.0. The lowest BCUT2D eigenvalue weighted by Crippen LogP contribution is -2.56. The van der Waals surface area contributed by atoms with Crippen LogP contribution in [0.5, 0.6) is 5.75 Å². The number of amides is 4. The standard InChI is InChI=1S/C39H52N6O8/c1-26-22-29(23-27(2)36(26)52-28(3)46)24-34(37(49)43-20-18-42(19-21-43)31-9-13-41(14-10-31)25-35(47)48)53-39(51)44-15-11-32(12-16-44)45-17-8-30-6-4-5-7-33(30)40-38(45)50/h4-7,22-23,31-32,34H,8-21,24-25H2,1-3H3,(H,40,50)(H,47,48)/t34-/m1/s1. The number of para-hydroxylation sites is 1. The van der Waals surface area contributed by atoms with Crippen LogP contribution in [0.15, 0.2) is 36.4 Å². The molecule has 53 heavy (non-hydrogen) atoms. The zero-order chi connectivity index (χ0) is 37.6. The van der Waals surface area contributed by atoms with Crippen molar-refractivity contribution >= 4 is 35.7 Å². The summed E-state index contributed by atoms with van der Waals surface area (Å²) >= 11 is 0. The van der Waals surface area contributed by atoms with Crippen LogP contribution < -0.4 is 10.1 Å². The number of likely N-dealkylation sites (tertiary alicyclic amines) is 2. The average Bonchev–Trinajstić information content (AvgIpc) is 3.30. The summed E-state index contributed by atoms with van der Waals surface area (Å²) < 4.78 is 11.5. The van der Waals surface area contributed by atoms with Gasteiger partial charge in [-0.1, -0.05) is 30.3 Å². The van der Waals surface area contributed by atoms with Crippen LogP contribution in [-0.4, -0.2) is 143 Å². The van der Waals surface area contributed by atoms with E-state index in [1.165, 1.54) is 6.92 Å². The molecule has 0 radical (unpaired) electrons. The molecule has 2 aromatic rings. The van der Waals surface area contributed by atoms with Gasteiger partial charge in [-0.05, 0) is 74.3 Å². The molecule has 286 valence electrons. The Kier molecular flexibility index (Phi) is 12.2. The summed E-state index contributed by atoms with van der Waals surface area (Å²) in [6, 6.07) is 11.7. The number of nitrogens with zero attached hydrogens (tertiary/aromatic N) is 5. The number of rotatable bonds is 9. The zero-order valence-corrected chi connectivity index (χ0v) is 31.1. The first-order valence-electron chi connectivity index (χ1n) is 18.8. The van der Waals surface area contributed by atoms with E-state index in [1.54, 1.807) is 9.80 Å². The molecule has 0 aliphatic carbocycles. The minimum atomic E-state index is -1.06. The average molecular weight is 733 g/mol. The van der Waals surface area contributed by atoms with Gasteiger partial charge in [0.2, 0.25) is 0 Å². The predicted molar refractivity (Wildman–Crippen MR) is 197 cm³/mol. The normalized spacial score (nSPS) is 19.9. The highest BCUT2D eigenvalue weighted by atomic mass is 16.6. The van der Waals surface area contributed by atoms with Gasteiger partial charge in [-0.3, -0.25) is 24.2 Å². The van der Waals surface area contributed by atoms with Gasteiger partial charge in [-0.2, -0.15) is 0 Å². The van der Waals surface area contributed by atoms with Gasteiger partial charge in [0.1, 0.15) is 5.75 Å². The van der Waals surface area contributed by atoms with Crippen molar-refractivity contribution in [2.45, 2.75) is 77.5 Å². The van der Waals surface area contributed by atoms with Gasteiger partial charge in [0, 0.05) is 90.0 Å². The number of aryl methyl sites for hydroxylation is 2. The van der Waals surface area contributed by atoms with E-state index in [2.05, 4.69) is 10.2 Å². The second-order valence-electron chi connectivity index (χ2n) is 14.7. The van der Waals surface area contributed by atoms with Crippen molar-refractivity contribution in [1.29, 1.82) is 0 Å². The number of fused-ring (bicyclic) bond motifs is 1. The van der Waals surface area contributed by atoms with Gasteiger partial charge < -0.3 is 34.6 Å². The Hall–Kier alpha value is -4.69. The molecule has 1 atom stereocenters. The molecule has 3 fully saturated rings. The van der Waals surface area contributed by atoms with Crippen molar-refractivity contribution < 1.29 is 38.6 Å². The van der Waals surface area contributed by atoms with Crippen LogP contribution in [0.1, 0.15) is 54.9 Å². The van der Waals surface area contributed by atoms with Gasteiger partial charge in [0.25, 0.3) is 5.91 Å². The number of urea groups is 1. The second-order valence-corrected chi connectivity index (χ2v) is 14.7. The fraction of sp³-hybridized carbons (Fsp3) is 0.564. The van der Waals surface area contributed by atoms with Gasteiger partial charge in [0.05, 0.1) is 6.54 Å². The molecule has 0 unspecified atom stereocenters. The Morgan fingerprint density at radius 3 is 2.13 bits per heavy atom. The lowest BCUT2D eigenvalue weighted by Gasteiger charge is -2.43. The van der Waals surface area contributed by atoms with Crippen LogP contribution in [0.4, 0.5) is 15.3 Å². The molecule has 0 saturated carbocycles. The lowest BCUT2D eigenvalue weighted by molar-refractivity contribution is -0.143. The van der Waals surface area contributed by atoms with E-state index < -0.39 is 24.1 Å². The van der Waals surface area contributed by atoms with Crippen molar-refractivity contribution in [2.75, 3.05) is 70.8 Å². The number of carboxylic acids is 1. The number of anilines is 1. The van der Waals surface area contributed by atoms with Crippen molar-refractivity contribution in [2.24, 2.45) is 0 Å². The number of aliphatic carboxylic acids is 1. The molecule has 4 aliphatic heterocycles. The number of piperidine rings is 2. The first-order valence-corrected chi connectivity index (χ1v) is 18.8. The van der Waals surface area contributed by atoms with Crippen LogP contribution in [-0.2, 0) is 32.0 Å². The van der Waals surface area contributed by atoms with Crippen molar-refractivity contribution in [3.8, 4) is 5.75 Å². The quantitative estimate of drug-likeness (QED) is 0.290. The highest BCUT2D eigenvalue weighted by Gasteiger charge is 2.36. The number of esters is 1. The molecule has 3 saturated heterocycles. The molecule has 14 heteroatoms. The van der Waals surface area contributed by atoms with Crippen LogP contribution in [0, 0.1) is 13.8 Å². The van der Waals surface area contributed by atoms with Crippen LogP contribution in [0.25, 0.3) is 0 Å².